The van der Waals surface area contributed by atoms with Crippen molar-refractivity contribution in [2.75, 3.05) is 46.1 Å². The largest absolute Gasteiger partial charge is 0.378 e. The number of fused-ring (bicyclic) bond motifs is 3. The summed E-state index contributed by atoms with van der Waals surface area (Å²) < 4.78 is 11.8. The van der Waals surface area contributed by atoms with E-state index in [9.17, 15) is 9.59 Å². The molecule has 16 heteroatoms. The molecule has 11 unspecified atom stereocenters. The number of carbonyl (C=O) groups is 2. The molecule has 12 N–H and O–H groups in total. The molecule has 256 valence electrons. The standard InChI is InChI=1S/C30H51N11O4S/c31-18-3-1-2-4-19(18)37-30-38-28(23(27(32)43)29-33-14-35-41(29)30)36-20-10-15(9-16-12-34-39-24(16)20)17-13-45-25-21(42)11-22(46-26(17)25)40-5-7-44-8-6-40/h11,15-20,23-26,28-30,33-39H,1-10,12-14,31H2,(H2,32,43)/p+1/t15?,16?,17?,18-,19+,20?,23?,24?,25?,26?,28?,29?,30?/m1/s1. The molecule has 2 saturated carbocycles. The average Bonchev–Trinajstić information content (AvgIpc) is 3.83. The van der Waals surface area contributed by atoms with Crippen molar-refractivity contribution in [1.29, 1.82) is 0 Å². The maximum Gasteiger partial charge on any atom is 0.226 e. The highest BCUT2D eigenvalue weighted by molar-refractivity contribution is 8.03. The molecule has 6 heterocycles. The zero-order chi connectivity index (χ0) is 31.4. The van der Waals surface area contributed by atoms with E-state index < -0.39 is 5.92 Å². The lowest BCUT2D eigenvalue weighted by Crippen LogP contribution is -2.79. The van der Waals surface area contributed by atoms with Crippen LogP contribution in [0.1, 0.15) is 38.5 Å². The van der Waals surface area contributed by atoms with E-state index in [1.54, 1.807) is 6.08 Å². The number of rotatable bonds is 7. The quantitative estimate of drug-likeness (QED) is 0.130. The van der Waals surface area contributed by atoms with Crippen molar-refractivity contribution in [3.05, 3.63) is 11.1 Å². The summed E-state index contributed by atoms with van der Waals surface area (Å²) in [6.07, 6.45) is 7.28. The lowest BCUT2D eigenvalue weighted by molar-refractivity contribution is -0.431. The predicted octanol–water partition coefficient (Wildman–Crippen LogP) is -3.53. The zero-order valence-electron chi connectivity index (χ0n) is 26.5. The summed E-state index contributed by atoms with van der Waals surface area (Å²) in [6.45, 7) is 5.08. The number of nitrogens with one attached hydrogen (secondary N) is 7. The van der Waals surface area contributed by atoms with E-state index in [0.29, 0.717) is 50.4 Å². The van der Waals surface area contributed by atoms with Gasteiger partial charge in [0, 0.05) is 55.4 Å². The number of thioether (sulfide) groups is 1. The number of carbonyl (C=O) groups excluding carboxylic acids is 2. The third kappa shape index (κ3) is 6.02. The van der Waals surface area contributed by atoms with Gasteiger partial charge in [0.15, 0.2) is 5.78 Å². The summed E-state index contributed by atoms with van der Waals surface area (Å²) in [5.41, 5.74) is 21.0. The topological polar surface area (TPSA) is 197 Å². The number of ether oxygens (including phenoxy) is 2. The van der Waals surface area contributed by atoms with Crippen LogP contribution in [0.5, 0.6) is 0 Å². The van der Waals surface area contributed by atoms with Crippen molar-refractivity contribution in [3.63, 3.8) is 0 Å². The number of quaternary nitrogens is 1. The molecular weight excluding hydrogens is 610 g/mol. The van der Waals surface area contributed by atoms with E-state index in [4.69, 9.17) is 15.2 Å². The summed E-state index contributed by atoms with van der Waals surface area (Å²) in [6, 6.07) is 0.953. The maximum atomic E-state index is 13.3. The van der Waals surface area contributed by atoms with Crippen LogP contribution in [0.2, 0.25) is 0 Å². The van der Waals surface area contributed by atoms with Gasteiger partial charge in [-0.25, -0.2) is 5.43 Å². The molecule has 46 heavy (non-hydrogen) atoms. The van der Waals surface area contributed by atoms with Crippen molar-refractivity contribution in [2.24, 2.45) is 29.4 Å². The molecule has 2 aliphatic carbocycles. The first-order valence-corrected chi connectivity index (χ1v) is 18.3. The van der Waals surface area contributed by atoms with Crippen LogP contribution in [-0.4, -0.2) is 122 Å². The van der Waals surface area contributed by atoms with Gasteiger partial charge < -0.3 is 25.8 Å². The fraction of sp³-hybridized carbons (Fsp3) is 0.867. The third-order valence-electron chi connectivity index (χ3n) is 11.8. The van der Waals surface area contributed by atoms with Gasteiger partial charge in [-0.2, -0.15) is 5.01 Å². The van der Waals surface area contributed by atoms with Gasteiger partial charge in [-0.3, -0.25) is 41.7 Å². The molecule has 0 aromatic heterocycles. The second-order valence-electron chi connectivity index (χ2n) is 14.5. The number of amides is 1. The van der Waals surface area contributed by atoms with Gasteiger partial charge in [-0.1, -0.05) is 6.42 Å². The Bertz CT molecular complexity index is 1180. The van der Waals surface area contributed by atoms with Crippen LogP contribution >= 0.6 is 11.8 Å². The minimum Gasteiger partial charge on any atom is -0.378 e. The van der Waals surface area contributed by atoms with Crippen LogP contribution in [0.25, 0.3) is 0 Å². The highest BCUT2D eigenvalue weighted by Crippen LogP contribution is 2.48. The number of nitrogens with two attached hydrogens (primary N) is 1. The first-order valence-electron chi connectivity index (χ1n) is 17.5. The molecule has 0 spiro atoms. The highest BCUT2D eigenvalue weighted by atomic mass is 32.2. The average molecular weight is 663 g/mol. The normalized spacial score (nSPS) is 46.5. The monoisotopic (exact) mass is 662 g/mol. The Hall–Kier alpha value is -1.41. The Labute approximate surface area is 274 Å². The number of morpholine rings is 1. The van der Waals surface area contributed by atoms with Crippen LogP contribution < -0.4 is 49.0 Å². The Morgan fingerprint density at radius 3 is 2.78 bits per heavy atom. The third-order valence-corrected chi connectivity index (χ3v) is 13.3. The molecule has 8 aliphatic rings. The zero-order valence-corrected chi connectivity index (χ0v) is 27.3. The second-order valence-corrected chi connectivity index (χ2v) is 15.7. The van der Waals surface area contributed by atoms with Gasteiger partial charge in [0.05, 0.1) is 61.9 Å². The van der Waals surface area contributed by atoms with Gasteiger partial charge in [0.2, 0.25) is 5.91 Å². The van der Waals surface area contributed by atoms with E-state index in [2.05, 4.69) is 53.2 Å². The molecule has 5 saturated heterocycles. The van der Waals surface area contributed by atoms with Crippen molar-refractivity contribution >= 4 is 23.5 Å². The van der Waals surface area contributed by atoms with Crippen LogP contribution in [-0.2, 0) is 19.1 Å². The molecule has 7 fully saturated rings. The first-order chi connectivity index (χ1) is 22.4. The summed E-state index contributed by atoms with van der Waals surface area (Å²) in [4.78, 5) is 28.6. The van der Waals surface area contributed by atoms with Crippen molar-refractivity contribution in [3.8, 4) is 0 Å². The number of hydrogen-bond donors (Lipinski definition) is 9. The number of ketones is 1. The number of hydrogen-bond acceptors (Lipinski definition) is 14. The summed E-state index contributed by atoms with van der Waals surface area (Å²) >= 11 is 1.83. The molecule has 0 aromatic carbocycles. The summed E-state index contributed by atoms with van der Waals surface area (Å²) in [5.74, 6) is 0.341. The van der Waals surface area contributed by atoms with Crippen LogP contribution in [0, 0.1) is 23.7 Å². The van der Waals surface area contributed by atoms with E-state index in [-0.39, 0.29) is 59.7 Å². The van der Waals surface area contributed by atoms with Gasteiger partial charge in [-0.05, 0) is 37.5 Å². The Kier molecular flexibility index (Phi) is 9.33. The maximum absolute atomic E-state index is 13.3. The molecule has 15 nitrogen and oxygen atoms in total. The van der Waals surface area contributed by atoms with Gasteiger partial charge in [0.25, 0.3) is 0 Å². The van der Waals surface area contributed by atoms with E-state index in [1.807, 2.05) is 11.8 Å². The molecule has 0 aromatic rings. The van der Waals surface area contributed by atoms with Crippen molar-refractivity contribution in [1.82, 2.24) is 47.5 Å². The number of hydrazine groups is 2. The van der Waals surface area contributed by atoms with Crippen LogP contribution in [0.3, 0.4) is 0 Å². The van der Waals surface area contributed by atoms with Crippen molar-refractivity contribution < 1.29 is 24.8 Å². The van der Waals surface area contributed by atoms with Crippen molar-refractivity contribution in [2.45, 2.75) is 92.7 Å². The lowest BCUT2D eigenvalue weighted by Gasteiger charge is -2.50. The fourth-order valence-corrected chi connectivity index (χ4v) is 11.0. The molecule has 0 radical (unpaired) electrons. The van der Waals surface area contributed by atoms with Crippen LogP contribution in [0.4, 0.5) is 0 Å². The van der Waals surface area contributed by atoms with Gasteiger partial charge in [-0.15, -0.1) is 11.8 Å². The molecule has 1 amide bonds. The number of primary amides is 1. The molecule has 6 aliphatic heterocycles. The predicted molar refractivity (Wildman–Crippen MR) is 170 cm³/mol. The smallest absolute Gasteiger partial charge is 0.226 e. The fourth-order valence-electron chi connectivity index (χ4n) is 9.43. The minimum atomic E-state index is -0.491. The lowest BCUT2D eigenvalue weighted by atomic mass is 9.70. The SMILES string of the molecule is NC(=O)C1C(NC2CC(C3COC4C(=O)C=C(N5CCOCC5)SC43)CC3CNNC32)NC(N[C@H]2CCCC[C@H]2[NH3+])N2NCNC12. The Balaban J connectivity index is 1.01. The highest BCUT2D eigenvalue weighted by Gasteiger charge is 2.54. The van der Waals surface area contributed by atoms with Gasteiger partial charge >= 0.3 is 0 Å². The second kappa shape index (κ2) is 13.5. The summed E-state index contributed by atoms with van der Waals surface area (Å²) in [5, 5.41) is 18.3. The molecule has 8 rings (SSSR count). The molecule has 13 atom stereocenters. The Morgan fingerprint density at radius 2 is 1.96 bits per heavy atom. The Morgan fingerprint density at radius 1 is 1.11 bits per heavy atom. The first kappa shape index (κ1) is 31.8. The molecular formula is C30H52N11O4S+. The van der Waals surface area contributed by atoms with Gasteiger partial charge in [0.1, 0.15) is 12.4 Å². The van der Waals surface area contributed by atoms with Crippen LogP contribution in [0.15, 0.2) is 11.1 Å². The number of nitrogens with zero attached hydrogens (tertiary/aromatic N) is 2. The minimum absolute atomic E-state index is 0.0903. The van der Waals surface area contributed by atoms with E-state index in [0.717, 1.165) is 50.3 Å². The van der Waals surface area contributed by atoms with E-state index in [1.165, 1.54) is 12.8 Å². The summed E-state index contributed by atoms with van der Waals surface area (Å²) in [7, 11) is 0. The van der Waals surface area contributed by atoms with E-state index >= 15 is 0 Å². The molecule has 0 bridgehead atoms.